The van der Waals surface area contributed by atoms with Gasteiger partial charge in [-0.2, -0.15) is 0 Å². The molecule has 0 saturated heterocycles. The molecule has 0 spiro atoms. The summed E-state index contributed by atoms with van der Waals surface area (Å²) in [5.74, 6) is -1.66. The van der Waals surface area contributed by atoms with Crippen molar-refractivity contribution in [3.63, 3.8) is 0 Å². The molecule has 14 heavy (non-hydrogen) atoms. The van der Waals surface area contributed by atoms with E-state index in [2.05, 4.69) is 9.72 Å². The van der Waals surface area contributed by atoms with Crippen molar-refractivity contribution in [3.05, 3.63) is 29.8 Å². The number of ketones is 1. The monoisotopic (exact) mass is 197 g/mol. The van der Waals surface area contributed by atoms with Crippen LogP contribution in [-0.4, -0.2) is 23.8 Å². The number of Topliss-reactive ketones (excluding diaryl/α,β-unsaturated/α-hetero) is 1. The predicted octanol–water partition coefficient (Wildman–Crippen LogP) is 0.966. The van der Waals surface area contributed by atoms with Gasteiger partial charge in [-0.25, -0.2) is 4.39 Å². The summed E-state index contributed by atoms with van der Waals surface area (Å²) in [5, 5.41) is 0. The number of hydrogen-bond donors (Lipinski definition) is 0. The largest absolute Gasteiger partial charge is 0.469 e. The summed E-state index contributed by atoms with van der Waals surface area (Å²) in [6.45, 7) is 0. The number of esters is 1. The van der Waals surface area contributed by atoms with Gasteiger partial charge < -0.3 is 4.74 Å². The molecule has 0 amide bonds. The van der Waals surface area contributed by atoms with E-state index in [9.17, 15) is 14.0 Å². The Bertz CT molecular complexity index is 348. The smallest absolute Gasteiger partial charge is 0.313 e. The molecule has 0 bridgehead atoms. The van der Waals surface area contributed by atoms with Crippen LogP contribution < -0.4 is 0 Å². The first-order valence-electron chi connectivity index (χ1n) is 3.85. The van der Waals surface area contributed by atoms with Gasteiger partial charge in [-0.1, -0.05) is 0 Å². The third-order valence-electron chi connectivity index (χ3n) is 1.55. The van der Waals surface area contributed by atoms with Gasteiger partial charge >= 0.3 is 5.97 Å². The Morgan fingerprint density at radius 3 is 2.71 bits per heavy atom. The summed E-state index contributed by atoms with van der Waals surface area (Å²) >= 11 is 0. The highest BCUT2D eigenvalue weighted by Crippen LogP contribution is 2.02. The average Bonchev–Trinajstić information content (AvgIpc) is 2.18. The summed E-state index contributed by atoms with van der Waals surface area (Å²) in [7, 11) is 1.19. The zero-order chi connectivity index (χ0) is 10.6. The standard InChI is InChI=1S/C9H8FNO3/c1-14-9(13)4-8(12)7-3-2-6(10)5-11-7/h2-3,5H,4H2,1H3. The molecule has 5 heteroatoms. The Morgan fingerprint density at radius 1 is 1.50 bits per heavy atom. The lowest BCUT2D eigenvalue weighted by Crippen LogP contribution is -2.10. The topological polar surface area (TPSA) is 56.3 Å². The van der Waals surface area contributed by atoms with Gasteiger partial charge in [0.05, 0.1) is 13.3 Å². The van der Waals surface area contributed by atoms with Gasteiger partial charge in [-0.15, -0.1) is 0 Å². The number of methoxy groups -OCH3 is 1. The van der Waals surface area contributed by atoms with Crippen molar-refractivity contribution < 1.29 is 18.7 Å². The highest BCUT2D eigenvalue weighted by atomic mass is 19.1. The fraction of sp³-hybridized carbons (Fsp3) is 0.222. The van der Waals surface area contributed by atoms with Crippen molar-refractivity contribution in [2.24, 2.45) is 0 Å². The number of carbonyl (C=O) groups excluding carboxylic acids is 2. The van der Waals surface area contributed by atoms with Gasteiger partial charge in [0.25, 0.3) is 0 Å². The van der Waals surface area contributed by atoms with Crippen LogP contribution in [0.2, 0.25) is 0 Å². The third-order valence-corrected chi connectivity index (χ3v) is 1.55. The van der Waals surface area contributed by atoms with Gasteiger partial charge in [0.2, 0.25) is 0 Å². The summed E-state index contributed by atoms with van der Waals surface area (Å²) in [5.41, 5.74) is 0.0526. The highest BCUT2D eigenvalue weighted by molar-refractivity contribution is 6.04. The number of nitrogens with zero attached hydrogens (tertiary/aromatic N) is 1. The van der Waals surface area contributed by atoms with E-state index in [1.165, 1.54) is 13.2 Å². The van der Waals surface area contributed by atoms with Crippen LogP contribution in [0.3, 0.4) is 0 Å². The van der Waals surface area contributed by atoms with Crippen molar-refractivity contribution in [2.75, 3.05) is 7.11 Å². The molecule has 4 nitrogen and oxygen atoms in total. The van der Waals surface area contributed by atoms with Gasteiger partial charge in [-0.3, -0.25) is 14.6 Å². The molecular weight excluding hydrogens is 189 g/mol. The molecular formula is C9H8FNO3. The predicted molar refractivity (Wildman–Crippen MR) is 45.2 cm³/mol. The Hall–Kier alpha value is -1.78. The zero-order valence-corrected chi connectivity index (χ0v) is 7.49. The molecule has 0 radical (unpaired) electrons. The highest BCUT2D eigenvalue weighted by Gasteiger charge is 2.12. The fourth-order valence-electron chi connectivity index (χ4n) is 0.835. The van der Waals surface area contributed by atoms with Crippen molar-refractivity contribution in [3.8, 4) is 0 Å². The fourth-order valence-corrected chi connectivity index (χ4v) is 0.835. The lowest BCUT2D eigenvalue weighted by atomic mass is 10.2. The molecule has 0 atom stereocenters. The molecule has 74 valence electrons. The van der Waals surface area contributed by atoms with Gasteiger partial charge in [-0.05, 0) is 12.1 Å². The third kappa shape index (κ3) is 2.62. The number of aromatic nitrogens is 1. The van der Waals surface area contributed by atoms with E-state index >= 15 is 0 Å². The van der Waals surface area contributed by atoms with Gasteiger partial charge in [0.15, 0.2) is 5.78 Å². The van der Waals surface area contributed by atoms with Crippen molar-refractivity contribution in [1.29, 1.82) is 0 Å². The minimum Gasteiger partial charge on any atom is -0.469 e. The number of ether oxygens (including phenoxy) is 1. The second-order valence-electron chi connectivity index (χ2n) is 2.54. The Kier molecular flexibility index (Phi) is 3.28. The van der Waals surface area contributed by atoms with Crippen molar-refractivity contribution in [1.82, 2.24) is 4.98 Å². The van der Waals surface area contributed by atoms with Crippen molar-refractivity contribution in [2.45, 2.75) is 6.42 Å². The summed E-state index contributed by atoms with van der Waals surface area (Å²) in [6.07, 6.45) is 0.541. The van der Waals surface area contributed by atoms with E-state index in [4.69, 9.17) is 0 Å². The number of pyridine rings is 1. The summed E-state index contributed by atoms with van der Waals surface area (Å²) < 4.78 is 16.7. The number of rotatable bonds is 3. The van der Waals surface area contributed by atoms with E-state index in [0.29, 0.717) is 0 Å². The minimum absolute atomic E-state index is 0.0526. The maximum Gasteiger partial charge on any atom is 0.313 e. The zero-order valence-electron chi connectivity index (χ0n) is 7.49. The van der Waals surface area contributed by atoms with Crippen LogP contribution in [0.1, 0.15) is 16.9 Å². The second kappa shape index (κ2) is 4.45. The molecule has 0 saturated carbocycles. The molecule has 1 aromatic rings. The van der Waals surface area contributed by atoms with Gasteiger partial charge in [0, 0.05) is 0 Å². The Morgan fingerprint density at radius 2 is 2.21 bits per heavy atom. The number of halogens is 1. The van der Waals surface area contributed by atoms with Crippen LogP contribution in [0, 0.1) is 5.82 Å². The van der Waals surface area contributed by atoms with E-state index in [-0.39, 0.29) is 12.1 Å². The molecule has 0 fully saturated rings. The molecule has 1 heterocycles. The molecule has 0 aliphatic carbocycles. The van der Waals surface area contributed by atoms with E-state index in [0.717, 1.165) is 12.3 Å². The first-order valence-corrected chi connectivity index (χ1v) is 3.85. The van der Waals surface area contributed by atoms with E-state index < -0.39 is 17.6 Å². The van der Waals surface area contributed by atoms with Crippen molar-refractivity contribution >= 4 is 11.8 Å². The molecule has 1 rings (SSSR count). The maximum absolute atomic E-state index is 12.4. The molecule has 0 N–H and O–H groups in total. The van der Waals surface area contributed by atoms with E-state index in [1.807, 2.05) is 0 Å². The molecule has 0 aromatic carbocycles. The molecule has 0 aliphatic heterocycles. The van der Waals surface area contributed by atoms with Crippen LogP contribution in [-0.2, 0) is 9.53 Å². The first kappa shape index (κ1) is 10.3. The maximum atomic E-state index is 12.4. The molecule has 1 aromatic heterocycles. The van der Waals surface area contributed by atoms with Crippen LogP contribution in [0.15, 0.2) is 18.3 Å². The summed E-state index contributed by atoms with van der Waals surface area (Å²) in [4.78, 5) is 25.5. The lowest BCUT2D eigenvalue weighted by Gasteiger charge is -1.98. The van der Waals surface area contributed by atoms with Crippen LogP contribution >= 0.6 is 0 Å². The Labute approximate surface area is 79.7 Å². The van der Waals surface area contributed by atoms with Crippen LogP contribution in [0.25, 0.3) is 0 Å². The van der Waals surface area contributed by atoms with Crippen LogP contribution in [0.5, 0.6) is 0 Å². The second-order valence-corrected chi connectivity index (χ2v) is 2.54. The summed E-state index contributed by atoms with van der Waals surface area (Å²) in [6, 6.07) is 2.33. The Balaban J connectivity index is 2.70. The van der Waals surface area contributed by atoms with E-state index in [1.54, 1.807) is 0 Å². The lowest BCUT2D eigenvalue weighted by molar-refractivity contribution is -0.139. The first-order chi connectivity index (χ1) is 6.63. The molecule has 0 unspecified atom stereocenters. The SMILES string of the molecule is COC(=O)CC(=O)c1ccc(F)cn1. The minimum atomic E-state index is -0.638. The normalized spacial score (nSPS) is 9.57. The number of carbonyl (C=O) groups is 2. The van der Waals surface area contributed by atoms with Gasteiger partial charge in [0.1, 0.15) is 17.9 Å². The quantitative estimate of drug-likeness (QED) is 0.411. The average molecular weight is 197 g/mol. The molecule has 0 aliphatic rings. The number of hydrogen-bond acceptors (Lipinski definition) is 4. The van der Waals surface area contributed by atoms with Crippen LogP contribution in [0.4, 0.5) is 4.39 Å².